The third-order valence-electron chi connectivity index (χ3n) is 2.78. The van der Waals surface area contributed by atoms with Gasteiger partial charge in [0.1, 0.15) is 0 Å². The van der Waals surface area contributed by atoms with Crippen molar-refractivity contribution in [3.63, 3.8) is 0 Å². The quantitative estimate of drug-likeness (QED) is 0.625. The van der Waals surface area contributed by atoms with Crippen LogP contribution in [0.3, 0.4) is 0 Å². The van der Waals surface area contributed by atoms with Crippen LogP contribution in [0.5, 0.6) is 0 Å². The molecule has 0 N–H and O–H groups in total. The molecule has 0 nitrogen and oxygen atoms in total. The fraction of sp³-hybridized carbons (Fsp3) is 0.571. The van der Waals surface area contributed by atoms with Crippen molar-refractivity contribution >= 4 is 15.9 Å². The highest BCUT2D eigenvalue weighted by molar-refractivity contribution is 9.09. The van der Waals surface area contributed by atoms with Gasteiger partial charge in [-0.15, -0.1) is 0 Å². The highest BCUT2D eigenvalue weighted by Gasteiger charge is 2.07. The predicted molar refractivity (Wildman–Crippen MR) is 71.7 cm³/mol. The predicted octanol–water partition coefficient (Wildman–Crippen LogP) is 5.44. The van der Waals surface area contributed by atoms with E-state index in [0.29, 0.717) is 10.7 Å². The van der Waals surface area contributed by atoms with Gasteiger partial charge in [-0.05, 0) is 23.5 Å². The smallest absolute Gasteiger partial charge is 0.0395 e. The lowest BCUT2D eigenvalue weighted by molar-refractivity contribution is 0.712. The molecule has 0 heterocycles. The Morgan fingerprint density at radius 3 is 2.07 bits per heavy atom. The third kappa shape index (κ3) is 3.98. The number of rotatable bonds is 5. The molecule has 0 aliphatic rings. The largest absolute Gasteiger partial charge is 0.0839 e. The summed E-state index contributed by atoms with van der Waals surface area (Å²) >= 11 is 3.75. The van der Waals surface area contributed by atoms with Crippen LogP contribution in [0, 0.1) is 0 Å². The maximum absolute atomic E-state index is 3.75. The number of halogens is 1. The first-order chi connectivity index (χ1) is 7.15. The van der Waals surface area contributed by atoms with Crippen molar-refractivity contribution in [2.75, 3.05) is 0 Å². The van der Waals surface area contributed by atoms with E-state index >= 15 is 0 Å². The molecule has 0 aliphatic carbocycles. The number of benzene rings is 1. The maximum Gasteiger partial charge on any atom is 0.0395 e. The third-order valence-corrected chi connectivity index (χ3v) is 3.76. The first-order valence-corrected chi connectivity index (χ1v) is 6.80. The Balaban J connectivity index is 2.62. The van der Waals surface area contributed by atoms with Crippen molar-refractivity contribution in [1.29, 1.82) is 0 Å². The van der Waals surface area contributed by atoms with E-state index in [9.17, 15) is 0 Å². The first kappa shape index (κ1) is 12.8. The normalized spacial score (nSPS) is 13.1. The first-order valence-electron chi connectivity index (χ1n) is 5.89. The van der Waals surface area contributed by atoms with Gasteiger partial charge in [-0.3, -0.25) is 0 Å². The SMILES string of the molecule is CCCCC(Br)c1ccc(C(C)C)cc1. The molecular weight excluding hydrogens is 248 g/mol. The van der Waals surface area contributed by atoms with Gasteiger partial charge in [-0.25, -0.2) is 0 Å². The maximum atomic E-state index is 3.75. The van der Waals surface area contributed by atoms with Gasteiger partial charge in [-0.2, -0.15) is 0 Å². The molecular formula is C14H21Br. The monoisotopic (exact) mass is 268 g/mol. The average Bonchev–Trinajstić information content (AvgIpc) is 2.26. The molecule has 0 radical (unpaired) electrons. The number of alkyl halides is 1. The summed E-state index contributed by atoms with van der Waals surface area (Å²) in [6.45, 7) is 6.71. The Kier molecular flexibility index (Phi) is 5.38. The van der Waals surface area contributed by atoms with Crippen LogP contribution in [0.15, 0.2) is 24.3 Å². The molecule has 0 spiro atoms. The fourth-order valence-electron chi connectivity index (χ4n) is 1.64. The van der Waals surface area contributed by atoms with Gasteiger partial charge in [0.15, 0.2) is 0 Å². The lowest BCUT2D eigenvalue weighted by Crippen LogP contribution is -1.92. The van der Waals surface area contributed by atoms with E-state index in [1.165, 1.54) is 30.4 Å². The van der Waals surface area contributed by atoms with E-state index in [1.54, 1.807) is 0 Å². The molecule has 0 aromatic heterocycles. The fourth-order valence-corrected chi connectivity index (χ4v) is 2.27. The molecule has 1 aromatic carbocycles. The molecule has 1 aromatic rings. The lowest BCUT2D eigenvalue weighted by atomic mass is 10.00. The molecule has 15 heavy (non-hydrogen) atoms. The van der Waals surface area contributed by atoms with Gasteiger partial charge in [0.05, 0.1) is 0 Å². The molecule has 0 saturated carbocycles. The highest BCUT2D eigenvalue weighted by atomic mass is 79.9. The second-order valence-corrected chi connectivity index (χ2v) is 5.54. The Morgan fingerprint density at radius 2 is 1.60 bits per heavy atom. The van der Waals surface area contributed by atoms with E-state index in [4.69, 9.17) is 0 Å². The van der Waals surface area contributed by atoms with E-state index < -0.39 is 0 Å². The van der Waals surface area contributed by atoms with E-state index in [1.807, 2.05) is 0 Å². The van der Waals surface area contributed by atoms with Crippen LogP contribution >= 0.6 is 15.9 Å². The number of hydrogen-bond donors (Lipinski definition) is 0. The summed E-state index contributed by atoms with van der Waals surface area (Å²) in [6, 6.07) is 9.01. The average molecular weight is 269 g/mol. The molecule has 1 rings (SSSR count). The van der Waals surface area contributed by atoms with Crippen molar-refractivity contribution in [2.45, 2.75) is 50.8 Å². The van der Waals surface area contributed by atoms with Crippen LogP contribution in [0.2, 0.25) is 0 Å². The summed E-state index contributed by atoms with van der Waals surface area (Å²) in [6.07, 6.45) is 3.80. The van der Waals surface area contributed by atoms with Crippen LogP contribution in [-0.2, 0) is 0 Å². The molecule has 1 heteroatoms. The summed E-state index contributed by atoms with van der Waals surface area (Å²) in [5.74, 6) is 0.628. The van der Waals surface area contributed by atoms with Crippen molar-refractivity contribution in [3.05, 3.63) is 35.4 Å². The summed E-state index contributed by atoms with van der Waals surface area (Å²) < 4.78 is 0. The van der Waals surface area contributed by atoms with Gasteiger partial charge in [0.25, 0.3) is 0 Å². The van der Waals surface area contributed by atoms with E-state index in [-0.39, 0.29) is 0 Å². The standard InChI is InChI=1S/C14H21Br/c1-4-5-6-14(15)13-9-7-12(8-10-13)11(2)3/h7-11,14H,4-6H2,1-3H3. The van der Waals surface area contributed by atoms with Crippen LogP contribution < -0.4 is 0 Å². The summed E-state index contributed by atoms with van der Waals surface area (Å²) in [4.78, 5) is 0.527. The van der Waals surface area contributed by atoms with Crippen LogP contribution in [0.4, 0.5) is 0 Å². The second kappa shape index (κ2) is 6.32. The van der Waals surface area contributed by atoms with Crippen LogP contribution in [-0.4, -0.2) is 0 Å². The van der Waals surface area contributed by atoms with Gasteiger partial charge in [-0.1, -0.05) is 73.8 Å². The molecule has 0 aliphatic heterocycles. The van der Waals surface area contributed by atoms with Crippen molar-refractivity contribution in [3.8, 4) is 0 Å². The van der Waals surface area contributed by atoms with Crippen molar-refractivity contribution < 1.29 is 0 Å². The number of hydrogen-bond acceptors (Lipinski definition) is 0. The number of unbranched alkanes of at least 4 members (excludes halogenated alkanes) is 1. The molecule has 1 atom stereocenters. The Bertz CT molecular complexity index is 274. The van der Waals surface area contributed by atoms with Gasteiger partial charge in [0, 0.05) is 4.83 Å². The molecule has 0 bridgehead atoms. The van der Waals surface area contributed by atoms with Crippen molar-refractivity contribution in [1.82, 2.24) is 0 Å². The molecule has 1 unspecified atom stereocenters. The van der Waals surface area contributed by atoms with Crippen LogP contribution in [0.1, 0.15) is 61.9 Å². The zero-order valence-corrected chi connectivity index (χ0v) is 11.5. The van der Waals surface area contributed by atoms with Gasteiger partial charge >= 0.3 is 0 Å². The minimum atomic E-state index is 0.527. The lowest BCUT2D eigenvalue weighted by Gasteiger charge is -2.11. The topological polar surface area (TPSA) is 0 Å². The highest BCUT2D eigenvalue weighted by Crippen LogP contribution is 2.29. The molecule has 0 amide bonds. The minimum absolute atomic E-state index is 0.527. The minimum Gasteiger partial charge on any atom is -0.0839 e. The Morgan fingerprint density at radius 1 is 1.07 bits per heavy atom. The summed E-state index contributed by atoms with van der Waals surface area (Å²) in [7, 11) is 0. The summed E-state index contributed by atoms with van der Waals surface area (Å²) in [5, 5.41) is 0. The second-order valence-electron chi connectivity index (χ2n) is 4.43. The zero-order valence-electron chi connectivity index (χ0n) is 9.96. The summed E-state index contributed by atoms with van der Waals surface area (Å²) in [5.41, 5.74) is 2.83. The van der Waals surface area contributed by atoms with Gasteiger partial charge in [0.2, 0.25) is 0 Å². The Labute approximate surface area is 102 Å². The molecule has 0 saturated heterocycles. The molecule has 0 fully saturated rings. The van der Waals surface area contributed by atoms with Crippen molar-refractivity contribution in [2.24, 2.45) is 0 Å². The molecule has 84 valence electrons. The zero-order chi connectivity index (χ0) is 11.3. The van der Waals surface area contributed by atoms with Gasteiger partial charge < -0.3 is 0 Å². The Hall–Kier alpha value is -0.300. The van der Waals surface area contributed by atoms with Crippen LogP contribution in [0.25, 0.3) is 0 Å². The van der Waals surface area contributed by atoms with E-state index in [2.05, 4.69) is 61.0 Å². The van der Waals surface area contributed by atoms with E-state index in [0.717, 1.165) is 0 Å².